The van der Waals surface area contributed by atoms with Crippen molar-refractivity contribution in [3.05, 3.63) is 29.7 Å². The van der Waals surface area contributed by atoms with Crippen molar-refractivity contribution >= 4 is 23.1 Å². The molecule has 11 heteroatoms. The number of fused-ring (bicyclic) bond motifs is 1. The second-order valence-corrected chi connectivity index (χ2v) is 5.71. The van der Waals surface area contributed by atoms with Crippen LogP contribution in [-0.2, 0) is 17.5 Å². The minimum Gasteiger partial charge on any atom is -0.423 e. The highest BCUT2D eigenvalue weighted by molar-refractivity contribution is 5.75. The largest absolute Gasteiger partial charge is 0.423 e. The van der Waals surface area contributed by atoms with Crippen molar-refractivity contribution in [2.24, 2.45) is 0 Å². The monoisotopic (exact) mass is 369 g/mol. The van der Waals surface area contributed by atoms with Crippen molar-refractivity contribution in [1.82, 2.24) is 20.1 Å². The van der Waals surface area contributed by atoms with Crippen LogP contribution in [0.25, 0.3) is 11.1 Å². The fourth-order valence-corrected chi connectivity index (χ4v) is 2.57. The van der Waals surface area contributed by atoms with Crippen molar-refractivity contribution in [2.45, 2.75) is 12.7 Å². The third-order valence-corrected chi connectivity index (χ3v) is 3.86. The minimum atomic E-state index is -4.44. The van der Waals surface area contributed by atoms with Gasteiger partial charge in [-0.05, 0) is 18.2 Å². The number of oxazole rings is 1. The molecule has 2 aromatic heterocycles. The van der Waals surface area contributed by atoms with E-state index in [1.165, 1.54) is 6.07 Å². The zero-order valence-corrected chi connectivity index (χ0v) is 13.4. The Morgan fingerprint density at radius 1 is 1.08 bits per heavy atom. The van der Waals surface area contributed by atoms with Gasteiger partial charge in [0.25, 0.3) is 0 Å². The van der Waals surface area contributed by atoms with Crippen LogP contribution in [-0.4, -0.2) is 46.4 Å². The number of nitrogens with one attached hydrogen (secondary N) is 1. The first-order chi connectivity index (χ1) is 12.5. The Morgan fingerprint density at radius 3 is 2.65 bits per heavy atom. The van der Waals surface area contributed by atoms with E-state index in [2.05, 4.69) is 25.4 Å². The van der Waals surface area contributed by atoms with Crippen LogP contribution in [0.2, 0.25) is 0 Å². The number of ether oxygens (including phenoxy) is 1. The number of rotatable bonds is 4. The molecule has 1 aliphatic heterocycles. The Hall–Kier alpha value is -2.66. The van der Waals surface area contributed by atoms with E-state index in [4.69, 9.17) is 13.6 Å². The van der Waals surface area contributed by atoms with Gasteiger partial charge >= 0.3 is 18.2 Å². The molecule has 1 aliphatic rings. The lowest BCUT2D eigenvalue weighted by Crippen LogP contribution is -2.35. The quantitative estimate of drug-likeness (QED) is 0.751. The third kappa shape index (κ3) is 3.63. The molecule has 3 heterocycles. The van der Waals surface area contributed by atoms with E-state index in [0.29, 0.717) is 25.6 Å². The van der Waals surface area contributed by atoms with E-state index in [1.807, 2.05) is 0 Å². The lowest BCUT2D eigenvalue weighted by molar-refractivity contribution is -0.137. The van der Waals surface area contributed by atoms with E-state index >= 15 is 0 Å². The summed E-state index contributed by atoms with van der Waals surface area (Å²) in [4.78, 5) is 6.08. The molecule has 8 nitrogen and oxygen atoms in total. The number of hydrogen-bond acceptors (Lipinski definition) is 8. The summed E-state index contributed by atoms with van der Waals surface area (Å²) in [6.07, 6.45) is -4.44. The molecule has 0 unspecified atom stereocenters. The van der Waals surface area contributed by atoms with Gasteiger partial charge in [0.1, 0.15) is 5.52 Å². The summed E-state index contributed by atoms with van der Waals surface area (Å²) in [6.45, 7) is 3.35. The van der Waals surface area contributed by atoms with E-state index in [-0.39, 0.29) is 23.1 Å². The Labute approximate surface area is 144 Å². The van der Waals surface area contributed by atoms with Crippen LogP contribution >= 0.6 is 0 Å². The highest BCUT2D eigenvalue weighted by atomic mass is 19.4. The molecule has 0 atom stereocenters. The maximum absolute atomic E-state index is 12.7. The maximum atomic E-state index is 12.7. The fourth-order valence-electron chi connectivity index (χ4n) is 2.57. The molecule has 1 saturated heterocycles. The van der Waals surface area contributed by atoms with Crippen LogP contribution in [0.15, 0.2) is 27.0 Å². The average molecular weight is 369 g/mol. The van der Waals surface area contributed by atoms with Gasteiger partial charge < -0.3 is 13.6 Å². The molecule has 26 heavy (non-hydrogen) atoms. The van der Waals surface area contributed by atoms with Crippen molar-refractivity contribution in [3.63, 3.8) is 0 Å². The first-order valence-corrected chi connectivity index (χ1v) is 7.85. The van der Waals surface area contributed by atoms with Crippen LogP contribution in [0, 0.1) is 0 Å². The lowest BCUT2D eigenvalue weighted by Gasteiger charge is -2.24. The van der Waals surface area contributed by atoms with Crippen molar-refractivity contribution in [2.75, 3.05) is 31.6 Å². The molecule has 138 valence electrons. The van der Waals surface area contributed by atoms with Gasteiger partial charge in [-0.3, -0.25) is 10.2 Å². The summed E-state index contributed by atoms with van der Waals surface area (Å²) in [5.74, 6) is 0.407. The van der Waals surface area contributed by atoms with Gasteiger partial charge in [0.05, 0.1) is 25.3 Å². The van der Waals surface area contributed by atoms with Crippen molar-refractivity contribution in [1.29, 1.82) is 0 Å². The number of anilines is 2. The van der Waals surface area contributed by atoms with E-state index < -0.39 is 11.7 Å². The summed E-state index contributed by atoms with van der Waals surface area (Å²) in [5, 5.41) is 10.4. The Kier molecular flexibility index (Phi) is 4.24. The molecule has 0 radical (unpaired) electrons. The van der Waals surface area contributed by atoms with Crippen LogP contribution in [0.3, 0.4) is 0 Å². The SMILES string of the molecule is FC(F)(F)c1ccc2oc(Nc3nnc(CN4CCOCC4)o3)nc2c1. The second-order valence-electron chi connectivity index (χ2n) is 5.71. The van der Waals surface area contributed by atoms with Crippen LogP contribution < -0.4 is 5.32 Å². The lowest BCUT2D eigenvalue weighted by atomic mass is 10.2. The smallest absolute Gasteiger partial charge is 0.416 e. The highest BCUT2D eigenvalue weighted by Gasteiger charge is 2.31. The summed E-state index contributed by atoms with van der Waals surface area (Å²) >= 11 is 0. The summed E-state index contributed by atoms with van der Waals surface area (Å²) in [6, 6.07) is 3.09. The average Bonchev–Trinajstić information content (AvgIpc) is 3.20. The minimum absolute atomic E-state index is 0.0269. The number of morpholine rings is 1. The van der Waals surface area contributed by atoms with Gasteiger partial charge in [-0.25, -0.2) is 0 Å². The molecule has 0 aliphatic carbocycles. The number of hydrogen-bond donors (Lipinski definition) is 1. The Morgan fingerprint density at radius 2 is 1.88 bits per heavy atom. The summed E-state index contributed by atoms with van der Waals surface area (Å²) < 4.78 is 54.3. The molecular weight excluding hydrogens is 355 g/mol. The van der Waals surface area contributed by atoms with E-state index in [9.17, 15) is 13.2 Å². The molecule has 1 N–H and O–H groups in total. The Balaban J connectivity index is 1.47. The summed E-state index contributed by atoms with van der Waals surface area (Å²) in [5.41, 5.74) is -0.501. The van der Waals surface area contributed by atoms with Crippen molar-refractivity contribution < 1.29 is 26.7 Å². The number of alkyl halides is 3. The van der Waals surface area contributed by atoms with Gasteiger partial charge in [0, 0.05) is 13.1 Å². The molecule has 0 saturated carbocycles. The molecule has 0 amide bonds. The topological polar surface area (TPSA) is 89.5 Å². The first kappa shape index (κ1) is 16.8. The molecule has 0 bridgehead atoms. The van der Waals surface area contributed by atoms with Gasteiger partial charge in [0.15, 0.2) is 5.58 Å². The number of halogens is 3. The highest BCUT2D eigenvalue weighted by Crippen LogP contribution is 2.32. The predicted molar refractivity (Wildman–Crippen MR) is 82.7 cm³/mol. The molecular formula is C15H14F3N5O3. The van der Waals surface area contributed by atoms with Crippen LogP contribution in [0.5, 0.6) is 0 Å². The fraction of sp³-hybridized carbons (Fsp3) is 0.400. The van der Waals surface area contributed by atoms with E-state index in [1.54, 1.807) is 0 Å². The molecule has 1 aromatic carbocycles. The zero-order chi connectivity index (χ0) is 18.1. The second kappa shape index (κ2) is 6.57. The van der Waals surface area contributed by atoms with Gasteiger partial charge in [-0.15, -0.1) is 5.10 Å². The normalized spacial score (nSPS) is 16.3. The molecule has 0 spiro atoms. The third-order valence-electron chi connectivity index (χ3n) is 3.86. The van der Waals surface area contributed by atoms with Gasteiger partial charge in [0.2, 0.25) is 5.89 Å². The van der Waals surface area contributed by atoms with Crippen LogP contribution in [0.1, 0.15) is 11.5 Å². The van der Waals surface area contributed by atoms with Crippen molar-refractivity contribution in [3.8, 4) is 0 Å². The number of aromatic nitrogens is 3. The molecule has 1 fully saturated rings. The molecule has 4 rings (SSSR count). The van der Waals surface area contributed by atoms with Gasteiger partial charge in [-0.1, -0.05) is 5.10 Å². The van der Waals surface area contributed by atoms with Crippen LogP contribution in [0.4, 0.5) is 25.2 Å². The Bertz CT molecular complexity index is 901. The van der Waals surface area contributed by atoms with Gasteiger partial charge in [-0.2, -0.15) is 18.2 Å². The summed E-state index contributed by atoms with van der Waals surface area (Å²) in [7, 11) is 0. The first-order valence-electron chi connectivity index (χ1n) is 7.85. The maximum Gasteiger partial charge on any atom is 0.416 e. The zero-order valence-electron chi connectivity index (χ0n) is 13.4. The predicted octanol–water partition coefficient (Wildman–Crippen LogP) is 2.81. The number of benzene rings is 1. The number of nitrogens with zero attached hydrogens (tertiary/aromatic N) is 4. The molecule has 3 aromatic rings. The standard InChI is InChI=1S/C15H14F3N5O3/c16-15(17,18)9-1-2-11-10(7-9)19-13(25-11)20-14-22-21-12(26-14)8-23-3-5-24-6-4-23/h1-2,7H,3-6,8H2,(H,19,20,22). The van der Waals surface area contributed by atoms with E-state index in [0.717, 1.165) is 25.2 Å².